The molecule has 6 aromatic rings. The molecule has 4 fully saturated rings. The van der Waals surface area contributed by atoms with Crippen molar-refractivity contribution in [1.82, 2.24) is 58.3 Å². The smallest absolute Gasteiger partial charge is 0.278 e. The van der Waals surface area contributed by atoms with Gasteiger partial charge in [0.05, 0.1) is 28.0 Å². The first-order valence-electron chi connectivity index (χ1n) is 29.6. The molecule has 4 aromatic heterocycles. The molecule has 6 aliphatic rings. The van der Waals surface area contributed by atoms with Crippen molar-refractivity contribution in [2.24, 2.45) is 10.8 Å². The predicted octanol–water partition coefficient (Wildman–Crippen LogP) is 6.94. The van der Waals surface area contributed by atoms with Crippen LogP contribution < -0.4 is 20.5 Å². The van der Waals surface area contributed by atoms with E-state index in [1.807, 2.05) is 12.1 Å². The summed E-state index contributed by atoms with van der Waals surface area (Å²) in [5.41, 5.74) is 16.0. The third-order valence-corrected chi connectivity index (χ3v) is 21.2. The molecular formula is C54H73BrN14O7S2Si. The van der Waals surface area contributed by atoms with E-state index in [1.165, 1.54) is 42.4 Å². The van der Waals surface area contributed by atoms with Crippen LogP contribution in [-0.2, 0) is 57.2 Å². The van der Waals surface area contributed by atoms with Gasteiger partial charge in [-0.25, -0.2) is 36.6 Å². The first-order valence-corrected chi connectivity index (χ1v) is 34.0. The minimum absolute atomic E-state index is 0.0130. The number of hydrogen-bond acceptors (Lipinski definition) is 17. The normalized spacial score (nSPS) is 20.2. The Bertz CT molecular complexity index is 3650. The zero-order valence-electron chi connectivity index (χ0n) is 51.3. The van der Waals surface area contributed by atoms with Crippen LogP contribution in [-0.4, -0.2) is 170 Å². The summed E-state index contributed by atoms with van der Waals surface area (Å²) >= 11 is 3.19. The molecule has 0 radical (unpaired) electrons. The maximum atomic E-state index is 13.2. The lowest BCUT2D eigenvalue weighted by Crippen LogP contribution is -2.59. The molecule has 12 rings (SSSR count). The highest BCUT2D eigenvalue weighted by molar-refractivity contribution is 9.10. The highest BCUT2D eigenvalue weighted by Gasteiger charge is 2.53. The molecule has 4 aliphatic heterocycles. The van der Waals surface area contributed by atoms with E-state index in [9.17, 15) is 16.8 Å². The quantitative estimate of drug-likeness (QED) is 0.0535. The van der Waals surface area contributed by atoms with Crippen molar-refractivity contribution in [3.05, 3.63) is 87.9 Å². The van der Waals surface area contributed by atoms with Gasteiger partial charge in [0, 0.05) is 106 Å². The van der Waals surface area contributed by atoms with Gasteiger partial charge in [-0.15, -0.1) is 10.2 Å². The molecule has 0 saturated carbocycles. The number of fused-ring (bicyclic) bond motifs is 2. The van der Waals surface area contributed by atoms with Crippen LogP contribution in [0.2, 0.25) is 25.7 Å². The molecule has 2 aliphatic carbocycles. The van der Waals surface area contributed by atoms with Gasteiger partial charge < -0.3 is 35.1 Å². The lowest BCUT2D eigenvalue weighted by atomic mass is 9.81. The summed E-state index contributed by atoms with van der Waals surface area (Å²) < 4.78 is 116. The number of rotatable bonds is 15. The van der Waals surface area contributed by atoms with Gasteiger partial charge in [0.2, 0.25) is 22.4 Å². The summed E-state index contributed by atoms with van der Waals surface area (Å²) in [6.07, 6.45) is 11.0. The molecule has 4 saturated heterocycles. The van der Waals surface area contributed by atoms with Crippen LogP contribution in [0.25, 0.3) is 22.3 Å². The van der Waals surface area contributed by atoms with Gasteiger partial charge in [0.25, 0.3) is 30.4 Å². The fraction of sp³-hybridized carbons (Fsp3) is 0.519. The number of hydrogen-bond donors (Lipinski definition) is 3. The third-order valence-electron chi connectivity index (χ3n) is 15.9. The Morgan fingerprint density at radius 2 is 1.33 bits per heavy atom. The van der Waals surface area contributed by atoms with Crippen LogP contribution in [0.3, 0.4) is 0 Å². The number of aryl methyl sites for hydroxylation is 2. The average Bonchev–Trinajstić information content (AvgIpc) is 1.80. The molecule has 21 nitrogen and oxygen atoms in total. The van der Waals surface area contributed by atoms with Crippen LogP contribution in [0.5, 0.6) is 11.8 Å². The van der Waals surface area contributed by atoms with E-state index in [1.54, 1.807) is 24.3 Å². The molecule has 0 amide bonds. The van der Waals surface area contributed by atoms with Crippen LogP contribution >= 0.6 is 15.9 Å². The number of pyridine rings is 2. The van der Waals surface area contributed by atoms with Gasteiger partial charge in [-0.05, 0) is 146 Å². The molecule has 0 atom stereocenters. The minimum atomic E-state index is -3.78. The number of halogens is 1. The number of anilines is 3. The monoisotopic (exact) mass is 1210 g/mol. The maximum Gasteiger partial charge on any atom is 0.278 e. The van der Waals surface area contributed by atoms with E-state index in [0.29, 0.717) is 38.3 Å². The number of H-pyrrole nitrogens is 1. The van der Waals surface area contributed by atoms with Crippen LogP contribution in [0, 0.1) is 10.8 Å². The first-order chi connectivity index (χ1) is 40.0. The highest BCUT2D eigenvalue weighted by Crippen LogP contribution is 2.44. The van der Waals surface area contributed by atoms with Crippen molar-refractivity contribution in [3.8, 4) is 34.0 Å². The van der Waals surface area contributed by atoms with Gasteiger partial charge in [-0.3, -0.25) is 0 Å². The van der Waals surface area contributed by atoms with Crippen molar-refractivity contribution in [2.75, 3.05) is 98.2 Å². The summed E-state index contributed by atoms with van der Waals surface area (Å²) in [5.74, 6) is 0.211. The Morgan fingerprint density at radius 3 is 1.91 bits per heavy atom. The second kappa shape index (κ2) is 22.9. The van der Waals surface area contributed by atoms with Gasteiger partial charge in [0.1, 0.15) is 6.73 Å². The number of methoxy groups -OCH3 is 2. The van der Waals surface area contributed by atoms with Crippen LogP contribution in [0.15, 0.2) is 76.0 Å². The molecule has 0 bridgehead atoms. The van der Waals surface area contributed by atoms with E-state index >= 15 is 0 Å². The summed E-state index contributed by atoms with van der Waals surface area (Å²) in [5, 5.41) is 13.9. The van der Waals surface area contributed by atoms with Crippen molar-refractivity contribution >= 4 is 61.4 Å². The van der Waals surface area contributed by atoms with Gasteiger partial charge >= 0.3 is 0 Å². The minimum Gasteiger partial charge on any atom is -0.481 e. The number of aromatic nitrogens is 8. The average molecular weight is 1210 g/mol. The number of benzene rings is 2. The van der Waals surface area contributed by atoms with Crippen molar-refractivity contribution in [1.29, 1.82) is 0 Å². The number of nitrogens with two attached hydrogens (primary N) is 1. The van der Waals surface area contributed by atoms with E-state index < -0.39 is 42.2 Å². The Hall–Kier alpha value is -5.38. The maximum absolute atomic E-state index is 13.2. The Balaban J connectivity index is 0.000000149. The summed E-state index contributed by atoms with van der Waals surface area (Å²) in [6, 6.07) is 15.9. The zero-order valence-corrected chi connectivity index (χ0v) is 49.5. The Labute approximate surface area is 481 Å². The van der Waals surface area contributed by atoms with Crippen molar-refractivity contribution < 1.29 is 39.3 Å². The molecular weight excluding hydrogens is 1130 g/mol. The van der Waals surface area contributed by atoms with Gasteiger partial charge in [0.15, 0.2) is 0 Å². The van der Waals surface area contributed by atoms with Crippen molar-refractivity contribution in [3.63, 3.8) is 0 Å². The second-order valence-corrected chi connectivity index (χ2v) is 33.1. The third kappa shape index (κ3) is 12.3. The Kier molecular flexibility index (Phi) is 14.3. The highest BCUT2D eigenvalue weighted by atomic mass is 79.9. The molecule has 0 unspecified atom stereocenters. The molecule has 25 heteroatoms. The molecule has 2 spiro atoms. The molecule has 2 aromatic carbocycles. The fourth-order valence-corrected chi connectivity index (χ4v) is 16.1. The Morgan fingerprint density at radius 1 is 0.759 bits per heavy atom. The SMILES string of the molecule is CN1CCC2(C1)CN(S(=O)(=O)c1nc(Br)nn1COCC[Si](C)(C)C)C2.[2H]C([2H])([2H])Oc1cc(-c2ccc3c(c2N)CCC3)ccn1.[2H]C([2H])([2H])Oc1cc(-c2ccc3c(c2Nc2n[nH]c(S(=O)(=O)N4CC5(CCN(C)C5)C4)n2)CCC3)ccn1. The number of nitrogen functional groups attached to an aromatic ring is 1. The topological polar surface area (TPSA) is 245 Å². The van der Waals surface area contributed by atoms with Gasteiger partial charge in [-0.1, -0.05) is 43.9 Å². The number of likely N-dealkylation sites (tertiary alicyclic amines) is 2. The second-order valence-electron chi connectivity index (χ2n) is 23.1. The van der Waals surface area contributed by atoms with Gasteiger partial charge in [-0.2, -0.15) is 18.6 Å². The number of nitrogens with zero attached hydrogens (tertiary/aromatic N) is 11. The van der Waals surface area contributed by atoms with Crippen LogP contribution in [0.4, 0.5) is 17.3 Å². The zero-order chi connectivity index (χ0) is 60.9. The molecule has 4 N–H and O–H groups in total. The number of aromatic amines is 1. The largest absolute Gasteiger partial charge is 0.481 e. The molecule has 79 heavy (non-hydrogen) atoms. The van der Waals surface area contributed by atoms with E-state index in [-0.39, 0.29) is 50.3 Å². The number of sulfonamides is 2. The van der Waals surface area contributed by atoms with E-state index in [4.69, 9.17) is 28.2 Å². The summed E-state index contributed by atoms with van der Waals surface area (Å²) in [7, 11) is -9.61. The lowest BCUT2D eigenvalue weighted by molar-refractivity contribution is 0.0659. The van der Waals surface area contributed by atoms with Crippen molar-refractivity contribution in [2.45, 2.75) is 94.1 Å². The molecule has 424 valence electrons. The lowest BCUT2D eigenvalue weighted by Gasteiger charge is -2.46. The fourth-order valence-electron chi connectivity index (χ4n) is 11.7. The summed E-state index contributed by atoms with van der Waals surface area (Å²) in [4.78, 5) is 20.9. The van der Waals surface area contributed by atoms with E-state index in [0.717, 1.165) is 117 Å². The van der Waals surface area contributed by atoms with E-state index in [2.05, 4.69) is 112 Å². The van der Waals surface area contributed by atoms with Crippen LogP contribution in [0.1, 0.15) is 56.2 Å². The predicted molar refractivity (Wildman–Crippen MR) is 309 cm³/mol. The first kappa shape index (κ1) is 49.4. The molecule has 8 heterocycles. The summed E-state index contributed by atoms with van der Waals surface area (Å²) in [6.45, 7) is 13.5. The number of ether oxygens (including phenoxy) is 3. The standard InChI is InChI=1S/C24H29N7O3S.C15H28BrN5O3SSi.C15H16N2O/c1-30-11-9-24(13-30)14-31(15-24)35(32,33)23-27-22(28-29-23)26-21-18-5-3-4-16(18)6-7-19(21)17-8-10-25-20(12-17)34-2;1-19-6-5-15(9-19)10-20(11-15)25(22,23)14-17-13(16)18-21(14)12-24-7-8-26(2,3)4;1-18-14-9-11(7-8-17-14)13-6-5-10-3-2-4-12(10)15(13)16/h6-8,10,12H,3-5,9,11,13-15H2,1-2H3,(H2,26,27,28,29);5-12H2,1-4H3;5-9H,2-4,16H2,1H3/i2D3;;1D3. The number of nitrogens with one attached hydrogen (secondary N) is 2.